The number of rotatable bonds is 5. The van der Waals surface area contributed by atoms with Gasteiger partial charge >= 0.3 is 0 Å². The molecule has 8 nitrogen and oxygen atoms in total. The largest absolute Gasteiger partial charge is 0.365 e. The van der Waals surface area contributed by atoms with Gasteiger partial charge in [-0.1, -0.05) is 0 Å². The number of carbonyl (C=O) groups is 1. The van der Waals surface area contributed by atoms with Gasteiger partial charge in [-0.25, -0.2) is 4.39 Å². The van der Waals surface area contributed by atoms with Gasteiger partial charge < -0.3 is 16.4 Å². The maximum Gasteiger partial charge on any atom is 0.254 e. The first-order valence-corrected chi connectivity index (χ1v) is 7.89. The molecule has 2 aromatic heterocycles. The van der Waals surface area contributed by atoms with Crippen molar-refractivity contribution in [2.45, 2.75) is 24.8 Å². The van der Waals surface area contributed by atoms with Crippen molar-refractivity contribution in [3.05, 3.63) is 36.0 Å². The molecule has 0 atom stereocenters. The highest BCUT2D eigenvalue weighted by atomic mass is 19.1. The molecule has 1 saturated heterocycles. The smallest absolute Gasteiger partial charge is 0.254 e. The molecule has 0 aromatic carbocycles. The zero-order valence-corrected chi connectivity index (χ0v) is 13.5. The summed E-state index contributed by atoms with van der Waals surface area (Å²) in [5.41, 5.74) is 5.50. The first kappa shape index (κ1) is 16.9. The highest BCUT2D eigenvalue weighted by Crippen LogP contribution is 2.32. The third kappa shape index (κ3) is 3.44. The third-order valence-electron chi connectivity index (χ3n) is 4.38. The summed E-state index contributed by atoms with van der Waals surface area (Å²) in [5.74, 6) is -0.945. The molecule has 0 spiro atoms. The van der Waals surface area contributed by atoms with Gasteiger partial charge in [-0.05, 0) is 25.9 Å². The Bertz CT molecular complexity index is 820. The Morgan fingerprint density at radius 2 is 2.24 bits per heavy atom. The zero-order chi connectivity index (χ0) is 17.9. The Hall–Kier alpha value is -2.99. The number of anilines is 2. The van der Waals surface area contributed by atoms with Crippen molar-refractivity contribution in [3.63, 3.8) is 0 Å². The lowest BCUT2D eigenvalue weighted by molar-refractivity contribution is 0.100. The molecular weight excluding hydrogens is 325 g/mol. The summed E-state index contributed by atoms with van der Waals surface area (Å²) in [7, 11) is 0. The molecule has 1 aliphatic heterocycles. The van der Waals surface area contributed by atoms with E-state index in [4.69, 9.17) is 5.73 Å². The molecule has 130 valence electrons. The molecule has 0 radical (unpaired) electrons. The van der Waals surface area contributed by atoms with Gasteiger partial charge in [0.05, 0.1) is 36.1 Å². The quantitative estimate of drug-likeness (QED) is 0.751. The van der Waals surface area contributed by atoms with Crippen LogP contribution in [0.15, 0.2) is 24.7 Å². The Morgan fingerprint density at radius 3 is 2.88 bits per heavy atom. The number of aromatic nitrogens is 3. The normalized spacial score (nSPS) is 16.2. The summed E-state index contributed by atoms with van der Waals surface area (Å²) < 4.78 is 15.0. The van der Waals surface area contributed by atoms with Crippen molar-refractivity contribution in [2.75, 3.05) is 18.4 Å². The summed E-state index contributed by atoms with van der Waals surface area (Å²) in [4.78, 5) is 15.6. The van der Waals surface area contributed by atoms with Crippen molar-refractivity contribution in [1.29, 1.82) is 5.26 Å². The lowest BCUT2D eigenvalue weighted by atomic mass is 9.86. The first-order valence-electron chi connectivity index (χ1n) is 7.89. The van der Waals surface area contributed by atoms with E-state index in [2.05, 4.69) is 26.8 Å². The lowest BCUT2D eigenvalue weighted by Gasteiger charge is -2.36. The van der Waals surface area contributed by atoms with E-state index in [1.54, 1.807) is 10.9 Å². The average Bonchev–Trinajstić information content (AvgIpc) is 3.01. The van der Waals surface area contributed by atoms with Crippen molar-refractivity contribution in [2.24, 2.45) is 5.73 Å². The molecule has 1 fully saturated rings. The maximum atomic E-state index is 13.3. The molecule has 0 aliphatic carbocycles. The lowest BCUT2D eigenvalue weighted by Crippen LogP contribution is -2.44. The summed E-state index contributed by atoms with van der Waals surface area (Å²) >= 11 is 0. The maximum absolute atomic E-state index is 13.3. The van der Waals surface area contributed by atoms with Gasteiger partial charge in [-0.15, -0.1) is 0 Å². The molecule has 3 rings (SSSR count). The second-order valence-electron chi connectivity index (χ2n) is 6.03. The third-order valence-corrected chi connectivity index (χ3v) is 4.38. The van der Waals surface area contributed by atoms with Crippen LogP contribution >= 0.6 is 0 Å². The average molecular weight is 343 g/mol. The van der Waals surface area contributed by atoms with E-state index < -0.39 is 17.3 Å². The van der Waals surface area contributed by atoms with Crippen LogP contribution in [0.1, 0.15) is 29.6 Å². The van der Waals surface area contributed by atoms with Gasteiger partial charge in [0.2, 0.25) is 0 Å². The van der Waals surface area contributed by atoms with E-state index in [-0.39, 0.29) is 17.8 Å². The molecule has 25 heavy (non-hydrogen) atoms. The van der Waals surface area contributed by atoms with Crippen LogP contribution in [-0.2, 0) is 5.54 Å². The van der Waals surface area contributed by atoms with Crippen LogP contribution in [0.5, 0.6) is 0 Å². The summed E-state index contributed by atoms with van der Waals surface area (Å²) in [6.45, 7) is 1.51. The number of nitrogens with zero attached hydrogens (tertiary/aromatic N) is 4. The fourth-order valence-electron chi connectivity index (χ4n) is 3.03. The Labute approximate surface area is 143 Å². The van der Waals surface area contributed by atoms with Gasteiger partial charge in [-0.3, -0.25) is 14.5 Å². The van der Waals surface area contributed by atoms with Crippen molar-refractivity contribution in [1.82, 2.24) is 20.1 Å². The van der Waals surface area contributed by atoms with Gasteiger partial charge in [0, 0.05) is 12.3 Å². The number of nitriles is 1. The molecule has 1 amide bonds. The van der Waals surface area contributed by atoms with Gasteiger partial charge in [0.1, 0.15) is 11.4 Å². The van der Waals surface area contributed by atoms with E-state index in [0.29, 0.717) is 18.5 Å². The van der Waals surface area contributed by atoms with E-state index in [1.165, 1.54) is 12.3 Å². The van der Waals surface area contributed by atoms with Crippen LogP contribution in [-0.4, -0.2) is 33.8 Å². The fraction of sp³-hybridized carbons (Fsp3) is 0.375. The second kappa shape index (κ2) is 6.86. The fourth-order valence-corrected chi connectivity index (χ4v) is 3.03. The van der Waals surface area contributed by atoms with Gasteiger partial charge in [0.25, 0.3) is 5.91 Å². The molecule has 4 N–H and O–H groups in total. The van der Waals surface area contributed by atoms with Gasteiger partial charge in [0.15, 0.2) is 5.82 Å². The van der Waals surface area contributed by atoms with Crippen LogP contribution in [0, 0.1) is 17.1 Å². The summed E-state index contributed by atoms with van der Waals surface area (Å²) in [5, 5.41) is 19.8. The highest BCUT2D eigenvalue weighted by molar-refractivity contribution is 5.98. The molecule has 0 bridgehead atoms. The predicted molar refractivity (Wildman–Crippen MR) is 88.5 cm³/mol. The van der Waals surface area contributed by atoms with Crippen LogP contribution in [0.3, 0.4) is 0 Å². The topological polar surface area (TPSA) is 122 Å². The van der Waals surface area contributed by atoms with Gasteiger partial charge in [-0.2, -0.15) is 10.4 Å². The molecule has 1 aliphatic rings. The van der Waals surface area contributed by atoms with Crippen LogP contribution in [0.4, 0.5) is 15.9 Å². The SMILES string of the molecule is N#CCC1(n2cc(C(N)=O)c(Nc3cncc(F)c3)n2)CCNCC1. The summed E-state index contributed by atoms with van der Waals surface area (Å²) in [6.07, 6.45) is 5.75. The zero-order valence-electron chi connectivity index (χ0n) is 13.5. The first-order chi connectivity index (χ1) is 12.0. The minimum Gasteiger partial charge on any atom is -0.365 e. The van der Waals surface area contributed by atoms with E-state index in [0.717, 1.165) is 19.3 Å². The molecule has 2 aromatic rings. The molecule has 3 heterocycles. The Kier molecular flexibility index (Phi) is 4.63. The molecule has 0 saturated carbocycles. The predicted octanol–water partition coefficient (Wildman–Crippen LogP) is 1.25. The van der Waals surface area contributed by atoms with Crippen LogP contribution in [0.2, 0.25) is 0 Å². The number of halogens is 1. The number of hydrogen-bond acceptors (Lipinski definition) is 6. The van der Waals surface area contributed by atoms with Crippen molar-refractivity contribution < 1.29 is 9.18 Å². The minimum atomic E-state index is -0.654. The van der Waals surface area contributed by atoms with Crippen LogP contribution < -0.4 is 16.4 Å². The van der Waals surface area contributed by atoms with Crippen molar-refractivity contribution in [3.8, 4) is 6.07 Å². The highest BCUT2D eigenvalue weighted by Gasteiger charge is 2.36. The number of nitrogens with two attached hydrogens (primary N) is 1. The standard InChI is InChI=1S/C16H18FN7O/c17-11-7-12(9-21-8-11)22-15-13(14(19)25)10-24(23-15)16(1-4-18)2-5-20-6-3-16/h7-10,20H,1-3,5-6H2,(H2,19,25)(H,22,23). The molecule has 9 heteroatoms. The number of primary amides is 1. The Balaban J connectivity index is 1.99. The minimum absolute atomic E-state index is 0.181. The number of amides is 1. The van der Waals surface area contributed by atoms with Crippen molar-refractivity contribution >= 4 is 17.4 Å². The van der Waals surface area contributed by atoms with E-state index in [1.807, 2.05) is 0 Å². The van der Waals surface area contributed by atoms with E-state index in [9.17, 15) is 14.4 Å². The second-order valence-corrected chi connectivity index (χ2v) is 6.03. The number of carbonyl (C=O) groups excluding carboxylic acids is 1. The van der Waals surface area contributed by atoms with Crippen LogP contribution in [0.25, 0.3) is 0 Å². The molecular formula is C16H18FN7O. The monoisotopic (exact) mass is 343 g/mol. The van der Waals surface area contributed by atoms with E-state index >= 15 is 0 Å². The summed E-state index contributed by atoms with van der Waals surface area (Å²) in [6, 6.07) is 3.45. The number of nitrogens with one attached hydrogen (secondary N) is 2. The molecule has 0 unspecified atom stereocenters. The number of hydrogen-bond donors (Lipinski definition) is 3. The number of pyridine rings is 1. The number of piperidine rings is 1. The Morgan fingerprint density at radius 1 is 1.48 bits per heavy atom.